The highest BCUT2D eigenvalue weighted by Crippen LogP contribution is 2.08. The van der Waals surface area contributed by atoms with E-state index >= 15 is 0 Å². The molecule has 0 amide bonds. The van der Waals surface area contributed by atoms with Crippen LogP contribution in [0.2, 0.25) is 0 Å². The van der Waals surface area contributed by atoms with E-state index in [9.17, 15) is 0 Å². The Morgan fingerprint density at radius 3 is 3.00 bits per heavy atom. The van der Waals surface area contributed by atoms with Crippen LogP contribution in [0.4, 0.5) is 0 Å². The van der Waals surface area contributed by atoms with Gasteiger partial charge in [0.1, 0.15) is 12.4 Å². The number of hydrogen-bond acceptors (Lipinski definition) is 4. The van der Waals surface area contributed by atoms with Gasteiger partial charge in [0.2, 0.25) is 0 Å². The smallest absolute Gasteiger partial charge is 0.129 e. The van der Waals surface area contributed by atoms with Gasteiger partial charge in [0.05, 0.1) is 6.26 Å². The summed E-state index contributed by atoms with van der Waals surface area (Å²) >= 11 is 0. The molecule has 0 saturated heterocycles. The Balaban J connectivity index is 2.14. The summed E-state index contributed by atoms with van der Waals surface area (Å²) in [6, 6.07) is 2.01. The molecule has 0 unspecified atom stereocenters. The van der Waals surface area contributed by atoms with Gasteiger partial charge in [-0.15, -0.1) is 0 Å². The summed E-state index contributed by atoms with van der Waals surface area (Å²) in [5, 5.41) is 3.06. The van der Waals surface area contributed by atoms with E-state index in [2.05, 4.69) is 5.32 Å². The highest BCUT2D eigenvalue weighted by molar-refractivity contribution is 5.11. The second-order valence-corrected chi connectivity index (χ2v) is 3.35. The van der Waals surface area contributed by atoms with Crippen LogP contribution >= 0.6 is 0 Å². The zero-order valence-corrected chi connectivity index (χ0v) is 9.41. The highest BCUT2D eigenvalue weighted by Gasteiger charge is 2.00. The van der Waals surface area contributed by atoms with E-state index < -0.39 is 0 Å². The number of rotatable bonds is 8. The van der Waals surface area contributed by atoms with Crippen LogP contribution in [0.5, 0.6) is 0 Å². The maximum Gasteiger partial charge on any atom is 0.129 e. The first-order valence-electron chi connectivity index (χ1n) is 5.14. The molecule has 0 bridgehead atoms. The third kappa shape index (κ3) is 4.97. The van der Waals surface area contributed by atoms with Crippen molar-refractivity contribution >= 4 is 0 Å². The quantitative estimate of drug-likeness (QED) is 0.665. The molecule has 0 aliphatic heterocycles. The lowest BCUT2D eigenvalue weighted by atomic mass is 10.3. The van der Waals surface area contributed by atoms with E-state index in [0.717, 1.165) is 30.9 Å². The Morgan fingerprint density at radius 1 is 1.40 bits per heavy atom. The van der Waals surface area contributed by atoms with Crippen molar-refractivity contribution in [3.05, 3.63) is 23.7 Å². The second kappa shape index (κ2) is 7.45. The monoisotopic (exact) mass is 213 g/mol. The zero-order chi connectivity index (χ0) is 10.9. The van der Waals surface area contributed by atoms with Crippen molar-refractivity contribution in [3.63, 3.8) is 0 Å². The fraction of sp³-hybridized carbons (Fsp3) is 0.636. The summed E-state index contributed by atoms with van der Waals surface area (Å²) in [5.74, 6) is 0.873. The predicted octanol–water partition coefficient (Wildman–Crippen LogP) is 1.55. The van der Waals surface area contributed by atoms with Gasteiger partial charge in [-0.05, 0) is 19.5 Å². The molecule has 4 heteroatoms. The Kier molecular flexibility index (Phi) is 6.08. The van der Waals surface area contributed by atoms with Gasteiger partial charge in [0.15, 0.2) is 0 Å². The summed E-state index contributed by atoms with van der Waals surface area (Å²) in [6.45, 7) is 2.81. The molecule has 1 aromatic heterocycles. The first kappa shape index (κ1) is 12.2. The van der Waals surface area contributed by atoms with E-state index in [0.29, 0.717) is 13.2 Å². The van der Waals surface area contributed by atoms with Gasteiger partial charge in [-0.2, -0.15) is 0 Å². The third-order valence-corrected chi connectivity index (χ3v) is 1.97. The molecular formula is C11H19NO3. The minimum absolute atomic E-state index is 0.535. The molecule has 0 aliphatic rings. The normalized spacial score (nSPS) is 10.8. The van der Waals surface area contributed by atoms with E-state index in [1.807, 2.05) is 13.1 Å². The second-order valence-electron chi connectivity index (χ2n) is 3.35. The van der Waals surface area contributed by atoms with Gasteiger partial charge in [-0.3, -0.25) is 0 Å². The van der Waals surface area contributed by atoms with E-state index in [4.69, 9.17) is 13.9 Å². The lowest BCUT2D eigenvalue weighted by Gasteiger charge is -2.00. The molecule has 1 heterocycles. The number of methoxy groups -OCH3 is 1. The minimum atomic E-state index is 0.535. The van der Waals surface area contributed by atoms with Crippen LogP contribution in [0.3, 0.4) is 0 Å². The van der Waals surface area contributed by atoms with Gasteiger partial charge >= 0.3 is 0 Å². The minimum Gasteiger partial charge on any atom is -0.467 e. The average Bonchev–Trinajstić information content (AvgIpc) is 2.66. The third-order valence-electron chi connectivity index (χ3n) is 1.97. The van der Waals surface area contributed by atoms with Crippen LogP contribution in [0.15, 0.2) is 16.7 Å². The topological polar surface area (TPSA) is 43.6 Å². The van der Waals surface area contributed by atoms with Crippen LogP contribution in [-0.4, -0.2) is 27.4 Å². The fourth-order valence-electron chi connectivity index (χ4n) is 1.28. The number of furan rings is 1. The molecule has 0 fully saturated rings. The maximum atomic E-state index is 5.42. The molecule has 1 rings (SSSR count). The molecule has 86 valence electrons. The van der Waals surface area contributed by atoms with E-state index in [-0.39, 0.29) is 0 Å². The molecule has 0 spiro atoms. The number of ether oxygens (including phenoxy) is 2. The molecule has 4 nitrogen and oxygen atoms in total. The summed E-state index contributed by atoms with van der Waals surface area (Å²) in [5.41, 5.74) is 1.15. The van der Waals surface area contributed by atoms with Crippen LogP contribution in [0.1, 0.15) is 17.7 Å². The Morgan fingerprint density at radius 2 is 2.27 bits per heavy atom. The van der Waals surface area contributed by atoms with Crippen molar-refractivity contribution in [1.29, 1.82) is 0 Å². The summed E-state index contributed by atoms with van der Waals surface area (Å²) in [6.07, 6.45) is 2.67. The number of hydrogen-bond donors (Lipinski definition) is 1. The van der Waals surface area contributed by atoms with Crippen molar-refractivity contribution in [2.24, 2.45) is 0 Å². The molecule has 0 radical (unpaired) electrons. The largest absolute Gasteiger partial charge is 0.467 e. The summed E-state index contributed by atoms with van der Waals surface area (Å²) in [7, 11) is 3.60. The lowest BCUT2D eigenvalue weighted by Crippen LogP contribution is -2.03. The standard InChI is InChI=1S/C11H19NO3/c1-12-7-10-6-11(15-8-10)9-14-5-3-4-13-2/h6,8,12H,3-5,7,9H2,1-2H3. The molecule has 0 aliphatic carbocycles. The average molecular weight is 213 g/mol. The molecule has 0 saturated carbocycles. The Labute approximate surface area is 90.6 Å². The van der Waals surface area contributed by atoms with Crippen molar-refractivity contribution in [3.8, 4) is 0 Å². The van der Waals surface area contributed by atoms with Gasteiger partial charge in [-0.25, -0.2) is 0 Å². The van der Waals surface area contributed by atoms with Crippen molar-refractivity contribution in [2.45, 2.75) is 19.6 Å². The van der Waals surface area contributed by atoms with Gasteiger partial charge in [0.25, 0.3) is 0 Å². The zero-order valence-electron chi connectivity index (χ0n) is 9.41. The summed E-state index contributed by atoms with van der Waals surface area (Å²) < 4.78 is 15.7. The van der Waals surface area contributed by atoms with Crippen LogP contribution < -0.4 is 5.32 Å². The van der Waals surface area contributed by atoms with Gasteiger partial charge in [0, 0.05) is 32.4 Å². The van der Waals surface area contributed by atoms with Crippen molar-refractivity contribution in [1.82, 2.24) is 5.32 Å². The van der Waals surface area contributed by atoms with Crippen molar-refractivity contribution in [2.75, 3.05) is 27.4 Å². The molecule has 15 heavy (non-hydrogen) atoms. The number of nitrogens with one attached hydrogen (secondary N) is 1. The molecule has 0 aromatic carbocycles. The SMILES string of the molecule is CNCc1coc(COCCCOC)c1. The molecule has 1 N–H and O–H groups in total. The van der Waals surface area contributed by atoms with Crippen molar-refractivity contribution < 1.29 is 13.9 Å². The van der Waals surface area contributed by atoms with Gasteiger partial charge < -0.3 is 19.2 Å². The molecule has 1 aromatic rings. The van der Waals surface area contributed by atoms with Crippen LogP contribution in [-0.2, 0) is 22.6 Å². The Bertz CT molecular complexity index is 260. The fourth-order valence-corrected chi connectivity index (χ4v) is 1.28. The lowest BCUT2D eigenvalue weighted by molar-refractivity contribution is 0.0827. The maximum absolute atomic E-state index is 5.42. The molecule has 0 atom stereocenters. The first-order chi connectivity index (χ1) is 7.36. The van der Waals surface area contributed by atoms with Crippen LogP contribution in [0.25, 0.3) is 0 Å². The van der Waals surface area contributed by atoms with E-state index in [1.165, 1.54) is 0 Å². The first-order valence-corrected chi connectivity index (χ1v) is 5.14. The Hall–Kier alpha value is -0.840. The predicted molar refractivity (Wildman–Crippen MR) is 57.6 cm³/mol. The molecular weight excluding hydrogens is 194 g/mol. The summed E-state index contributed by atoms with van der Waals surface area (Å²) in [4.78, 5) is 0. The van der Waals surface area contributed by atoms with E-state index in [1.54, 1.807) is 13.4 Å². The van der Waals surface area contributed by atoms with Gasteiger partial charge in [-0.1, -0.05) is 0 Å². The van der Waals surface area contributed by atoms with Crippen LogP contribution in [0, 0.1) is 0 Å². The highest BCUT2D eigenvalue weighted by atomic mass is 16.5.